The van der Waals surface area contributed by atoms with Gasteiger partial charge in [-0.25, -0.2) is 0 Å². The van der Waals surface area contributed by atoms with Crippen LogP contribution in [0.1, 0.15) is 0 Å². The molecule has 126 valence electrons. The topological polar surface area (TPSA) is 18.5 Å². The van der Waals surface area contributed by atoms with Gasteiger partial charge in [0.15, 0.2) is 11.5 Å². The number of hydrogen-bond acceptors (Lipinski definition) is 2. The van der Waals surface area contributed by atoms with E-state index in [0.717, 1.165) is 24.3 Å². The van der Waals surface area contributed by atoms with E-state index >= 15 is 0 Å². The van der Waals surface area contributed by atoms with Gasteiger partial charge in [0.2, 0.25) is 0 Å². The lowest BCUT2D eigenvalue weighted by atomic mass is 10.3. The highest BCUT2D eigenvalue weighted by Crippen LogP contribution is 2.47. The summed E-state index contributed by atoms with van der Waals surface area (Å²) in [5, 5.41) is 0. The van der Waals surface area contributed by atoms with Gasteiger partial charge in [-0.05, 0) is 58.5 Å². The number of alkyl halides is 10. The second-order valence-electron chi connectivity index (χ2n) is 3.68. The number of para-hydroxylation sites is 2. The molecule has 0 saturated carbocycles. The molecule has 0 aliphatic heterocycles. The fourth-order valence-corrected chi connectivity index (χ4v) is 1.34. The van der Waals surface area contributed by atoms with E-state index in [9.17, 15) is 26.3 Å². The largest absolute Gasteiger partial charge is 0.459 e. The second kappa shape index (κ2) is 6.22. The molecule has 1 aromatic rings. The van der Waals surface area contributed by atoms with Gasteiger partial charge in [-0.3, -0.25) is 0 Å². The van der Waals surface area contributed by atoms with Crippen molar-refractivity contribution in [3.05, 3.63) is 24.3 Å². The van der Waals surface area contributed by atoms with Crippen molar-refractivity contribution in [2.75, 3.05) is 0 Å². The Morgan fingerprint density at radius 3 is 1.14 bits per heavy atom. The van der Waals surface area contributed by atoms with Gasteiger partial charge in [-0.2, -0.15) is 26.3 Å². The van der Waals surface area contributed by atoms with Crippen LogP contribution in [0.15, 0.2) is 24.3 Å². The van der Waals surface area contributed by atoms with Crippen molar-refractivity contribution in [3.63, 3.8) is 0 Å². The molecule has 0 heterocycles. The molecule has 0 saturated heterocycles. The zero-order chi connectivity index (χ0) is 17.4. The van der Waals surface area contributed by atoms with E-state index < -0.39 is 32.9 Å². The SMILES string of the molecule is FC(F)(F)C(Cl)(Cl)Oc1ccccc1OC(Cl)(Cl)C(F)(F)F. The minimum absolute atomic E-state index is 0.834. The van der Waals surface area contributed by atoms with E-state index in [1.54, 1.807) is 0 Å². The first-order valence-corrected chi connectivity index (χ1v) is 6.55. The molecule has 0 unspecified atom stereocenters. The average Bonchev–Trinajstić information content (AvgIpc) is 2.28. The molecular formula is C10H4Cl4F6O2. The molecule has 0 bridgehead atoms. The van der Waals surface area contributed by atoms with Crippen LogP contribution in [-0.4, -0.2) is 21.4 Å². The lowest BCUT2D eigenvalue weighted by molar-refractivity contribution is -0.190. The molecule has 0 fully saturated rings. The van der Waals surface area contributed by atoms with Gasteiger partial charge in [-0.15, -0.1) is 0 Å². The smallest absolute Gasteiger partial charge is 0.447 e. The Balaban J connectivity index is 3.12. The quantitative estimate of drug-likeness (QED) is 0.458. The molecule has 12 heteroatoms. The Morgan fingerprint density at radius 1 is 0.636 bits per heavy atom. The number of hydrogen-bond donors (Lipinski definition) is 0. The van der Waals surface area contributed by atoms with E-state index in [1.807, 2.05) is 0 Å². The van der Waals surface area contributed by atoms with Crippen LogP contribution >= 0.6 is 46.4 Å². The molecule has 0 radical (unpaired) electrons. The van der Waals surface area contributed by atoms with Gasteiger partial charge in [0.05, 0.1) is 0 Å². The third-order valence-corrected chi connectivity index (χ3v) is 3.15. The predicted octanol–water partition coefficient (Wildman–Crippen LogP) is 5.83. The lowest BCUT2D eigenvalue weighted by Gasteiger charge is -2.27. The summed E-state index contributed by atoms with van der Waals surface area (Å²) in [6.07, 6.45) is -10.5. The van der Waals surface area contributed by atoms with Gasteiger partial charge >= 0.3 is 21.4 Å². The summed E-state index contributed by atoms with van der Waals surface area (Å²) in [7, 11) is 0. The minimum Gasteiger partial charge on any atom is -0.447 e. The number of ether oxygens (including phenoxy) is 2. The van der Waals surface area contributed by atoms with Gasteiger partial charge < -0.3 is 9.47 Å². The van der Waals surface area contributed by atoms with E-state index in [-0.39, 0.29) is 0 Å². The molecule has 0 amide bonds. The molecule has 22 heavy (non-hydrogen) atoms. The lowest BCUT2D eigenvalue weighted by Crippen LogP contribution is -2.41. The summed E-state index contributed by atoms with van der Waals surface area (Å²) in [4.78, 5) is 0. The van der Waals surface area contributed by atoms with Crippen molar-refractivity contribution >= 4 is 46.4 Å². The first-order valence-electron chi connectivity index (χ1n) is 5.03. The molecule has 2 nitrogen and oxygen atoms in total. The number of rotatable bonds is 4. The highest BCUT2D eigenvalue weighted by molar-refractivity contribution is 6.48. The van der Waals surface area contributed by atoms with Crippen molar-refractivity contribution in [3.8, 4) is 11.5 Å². The predicted molar refractivity (Wildman–Crippen MR) is 68.7 cm³/mol. The number of halogens is 10. The van der Waals surface area contributed by atoms with E-state index in [4.69, 9.17) is 46.4 Å². The zero-order valence-electron chi connectivity index (χ0n) is 9.91. The molecule has 0 N–H and O–H groups in total. The Morgan fingerprint density at radius 2 is 0.909 bits per heavy atom. The molecule has 1 aromatic carbocycles. The van der Waals surface area contributed by atoms with Crippen molar-refractivity contribution < 1.29 is 35.8 Å². The third kappa shape index (κ3) is 4.53. The molecule has 0 aliphatic rings. The fraction of sp³-hybridized carbons (Fsp3) is 0.400. The summed E-state index contributed by atoms with van der Waals surface area (Å²) < 4.78 is 76.2. The molecule has 0 atom stereocenters. The summed E-state index contributed by atoms with van der Waals surface area (Å²) in [5.74, 6) is -1.69. The van der Waals surface area contributed by atoms with Gasteiger partial charge in [0.25, 0.3) is 0 Å². The van der Waals surface area contributed by atoms with Crippen LogP contribution in [0.2, 0.25) is 0 Å². The maximum Gasteiger partial charge on any atom is 0.459 e. The molecule has 1 rings (SSSR count). The first kappa shape index (κ1) is 19.6. The van der Waals surface area contributed by atoms with Crippen LogP contribution in [0.5, 0.6) is 11.5 Å². The van der Waals surface area contributed by atoms with Gasteiger partial charge in [-0.1, -0.05) is 12.1 Å². The Bertz CT molecular complexity index is 482. The van der Waals surface area contributed by atoms with E-state index in [2.05, 4.69) is 9.47 Å². The Hall–Kier alpha value is -0.440. The van der Waals surface area contributed by atoms with Crippen molar-refractivity contribution in [2.45, 2.75) is 21.4 Å². The van der Waals surface area contributed by atoms with Crippen molar-refractivity contribution in [2.24, 2.45) is 0 Å². The van der Waals surface area contributed by atoms with Gasteiger partial charge in [0, 0.05) is 0 Å². The monoisotopic (exact) mass is 410 g/mol. The minimum atomic E-state index is -5.23. The van der Waals surface area contributed by atoms with Crippen molar-refractivity contribution in [1.82, 2.24) is 0 Å². The maximum atomic E-state index is 12.5. The zero-order valence-corrected chi connectivity index (χ0v) is 12.9. The van der Waals surface area contributed by atoms with Crippen LogP contribution < -0.4 is 9.47 Å². The Labute approximate surface area is 139 Å². The van der Waals surface area contributed by atoms with E-state index in [0.29, 0.717) is 0 Å². The highest BCUT2D eigenvalue weighted by atomic mass is 35.5. The summed E-state index contributed by atoms with van der Waals surface area (Å²) in [5.41, 5.74) is 0. The third-order valence-electron chi connectivity index (χ3n) is 1.99. The molecule has 0 aliphatic carbocycles. The molecule has 0 aromatic heterocycles. The molecule has 0 spiro atoms. The van der Waals surface area contributed by atoms with Crippen LogP contribution in [0.25, 0.3) is 0 Å². The highest BCUT2D eigenvalue weighted by Gasteiger charge is 2.58. The van der Waals surface area contributed by atoms with Crippen LogP contribution in [0.3, 0.4) is 0 Å². The van der Waals surface area contributed by atoms with Gasteiger partial charge in [0.1, 0.15) is 0 Å². The van der Waals surface area contributed by atoms with E-state index in [1.165, 1.54) is 0 Å². The maximum absolute atomic E-state index is 12.5. The summed E-state index contributed by atoms with van der Waals surface area (Å²) >= 11 is 19.8. The summed E-state index contributed by atoms with van der Waals surface area (Å²) in [6, 6.07) is 3.95. The normalized spacial score (nSPS) is 13.9. The Kier molecular flexibility index (Phi) is 5.54. The fourth-order valence-electron chi connectivity index (χ4n) is 1.01. The van der Waals surface area contributed by atoms with Crippen LogP contribution in [0, 0.1) is 0 Å². The standard InChI is InChI=1S/C10H4Cl4F6O2/c11-7(12,9(15,16)17)21-5-3-1-2-4-6(5)22-8(13,14)10(18,19)20/h1-4H. The summed E-state index contributed by atoms with van der Waals surface area (Å²) in [6.45, 7) is 0. The first-order chi connectivity index (χ1) is 9.67. The van der Waals surface area contributed by atoms with Crippen molar-refractivity contribution in [1.29, 1.82) is 0 Å². The second-order valence-corrected chi connectivity index (χ2v) is 6.20. The van der Waals surface area contributed by atoms with Crippen LogP contribution in [0.4, 0.5) is 26.3 Å². The average molecular weight is 412 g/mol. The molecular weight excluding hydrogens is 408 g/mol. The van der Waals surface area contributed by atoms with Crippen LogP contribution in [-0.2, 0) is 0 Å². The number of benzene rings is 1.